The van der Waals surface area contributed by atoms with E-state index in [-0.39, 0.29) is 0 Å². The fourth-order valence-electron chi connectivity index (χ4n) is 3.39. The van der Waals surface area contributed by atoms with Crippen LogP contribution >= 0.6 is 0 Å². The Morgan fingerprint density at radius 2 is 1.89 bits per heavy atom. The molecule has 3 unspecified atom stereocenters. The highest BCUT2D eigenvalue weighted by Gasteiger charge is 2.34. The minimum Gasteiger partial charge on any atom is -0.378 e. The molecular formula is C17H27NO. The zero-order valence-corrected chi connectivity index (χ0v) is 12.9. The van der Waals surface area contributed by atoms with E-state index in [0.717, 1.165) is 19.4 Å². The molecule has 1 heterocycles. The smallest absolute Gasteiger partial charge is 0.0619 e. The van der Waals surface area contributed by atoms with Crippen LogP contribution in [0.4, 0.5) is 0 Å². The van der Waals surface area contributed by atoms with Gasteiger partial charge in [0.25, 0.3) is 0 Å². The van der Waals surface area contributed by atoms with Gasteiger partial charge in [0.05, 0.1) is 6.10 Å². The van der Waals surface area contributed by atoms with Crippen LogP contribution in [0, 0.1) is 26.7 Å². The molecule has 1 saturated heterocycles. The zero-order valence-electron chi connectivity index (χ0n) is 12.9. The third-order valence-corrected chi connectivity index (χ3v) is 4.62. The van der Waals surface area contributed by atoms with Gasteiger partial charge < -0.3 is 10.1 Å². The Hall–Kier alpha value is -0.860. The molecule has 1 N–H and O–H groups in total. The van der Waals surface area contributed by atoms with Crippen LogP contribution in [0.1, 0.15) is 48.1 Å². The molecule has 0 radical (unpaired) electrons. The largest absolute Gasteiger partial charge is 0.378 e. The Morgan fingerprint density at radius 1 is 1.21 bits per heavy atom. The van der Waals surface area contributed by atoms with E-state index < -0.39 is 0 Å². The molecule has 2 rings (SSSR count). The fraction of sp³-hybridized carbons (Fsp3) is 0.647. The molecule has 1 aliphatic rings. The summed E-state index contributed by atoms with van der Waals surface area (Å²) in [4.78, 5) is 0. The second-order valence-corrected chi connectivity index (χ2v) is 5.83. The SMILES string of the molecule is CCC1OCCC1C(NC)c1cc(C)c(C)cc1C. The summed E-state index contributed by atoms with van der Waals surface area (Å²) in [6, 6.07) is 5.08. The summed E-state index contributed by atoms with van der Waals surface area (Å²) in [5, 5.41) is 3.53. The molecule has 106 valence electrons. The molecule has 0 spiro atoms. The molecule has 19 heavy (non-hydrogen) atoms. The van der Waals surface area contributed by atoms with Gasteiger partial charge in [0.2, 0.25) is 0 Å². The third-order valence-electron chi connectivity index (χ3n) is 4.62. The fourth-order valence-corrected chi connectivity index (χ4v) is 3.39. The summed E-state index contributed by atoms with van der Waals surface area (Å²) in [7, 11) is 2.07. The van der Waals surface area contributed by atoms with Gasteiger partial charge in [0, 0.05) is 18.6 Å². The van der Waals surface area contributed by atoms with Crippen molar-refractivity contribution in [2.24, 2.45) is 5.92 Å². The van der Waals surface area contributed by atoms with Crippen LogP contribution in [0.2, 0.25) is 0 Å². The van der Waals surface area contributed by atoms with Crippen molar-refractivity contribution in [1.29, 1.82) is 0 Å². The Morgan fingerprint density at radius 3 is 2.53 bits per heavy atom. The topological polar surface area (TPSA) is 21.3 Å². The summed E-state index contributed by atoms with van der Waals surface area (Å²) < 4.78 is 5.87. The molecule has 1 fully saturated rings. The van der Waals surface area contributed by atoms with E-state index in [9.17, 15) is 0 Å². The maximum Gasteiger partial charge on any atom is 0.0619 e. The van der Waals surface area contributed by atoms with Gasteiger partial charge in [-0.2, -0.15) is 0 Å². The molecule has 3 atom stereocenters. The van der Waals surface area contributed by atoms with E-state index in [4.69, 9.17) is 4.74 Å². The number of nitrogens with one attached hydrogen (secondary N) is 1. The first-order valence-corrected chi connectivity index (χ1v) is 7.45. The Balaban J connectivity index is 2.34. The second-order valence-electron chi connectivity index (χ2n) is 5.83. The monoisotopic (exact) mass is 261 g/mol. The van der Waals surface area contributed by atoms with Gasteiger partial charge in [0.1, 0.15) is 0 Å². The van der Waals surface area contributed by atoms with Crippen molar-refractivity contribution in [3.8, 4) is 0 Å². The van der Waals surface area contributed by atoms with Gasteiger partial charge in [-0.3, -0.25) is 0 Å². The molecule has 0 aromatic heterocycles. The number of rotatable bonds is 4. The first-order chi connectivity index (χ1) is 9.08. The summed E-state index contributed by atoms with van der Waals surface area (Å²) >= 11 is 0. The molecule has 0 aliphatic carbocycles. The maximum absolute atomic E-state index is 5.87. The minimum atomic E-state index is 0.401. The maximum atomic E-state index is 5.87. The molecule has 0 saturated carbocycles. The van der Waals surface area contributed by atoms with Crippen molar-refractivity contribution >= 4 is 0 Å². The lowest BCUT2D eigenvalue weighted by Gasteiger charge is -2.29. The quantitative estimate of drug-likeness (QED) is 0.892. The van der Waals surface area contributed by atoms with E-state index >= 15 is 0 Å². The third kappa shape index (κ3) is 2.85. The summed E-state index contributed by atoms with van der Waals surface area (Å²) in [6.45, 7) is 9.75. The Kier molecular flexibility index (Phi) is 4.64. The van der Waals surface area contributed by atoms with Crippen LogP contribution in [0.25, 0.3) is 0 Å². The lowest BCUT2D eigenvalue weighted by atomic mass is 9.84. The highest BCUT2D eigenvalue weighted by Crippen LogP contribution is 2.36. The first-order valence-electron chi connectivity index (χ1n) is 7.45. The summed E-state index contributed by atoms with van der Waals surface area (Å²) in [6.07, 6.45) is 2.67. The number of hydrogen-bond donors (Lipinski definition) is 1. The summed E-state index contributed by atoms with van der Waals surface area (Å²) in [5.41, 5.74) is 5.60. The van der Waals surface area contributed by atoms with E-state index in [1.165, 1.54) is 22.3 Å². The van der Waals surface area contributed by atoms with E-state index in [1.54, 1.807) is 0 Å². The van der Waals surface area contributed by atoms with Crippen molar-refractivity contribution < 1.29 is 4.74 Å². The number of ether oxygens (including phenoxy) is 1. The van der Waals surface area contributed by atoms with Gasteiger partial charge in [-0.25, -0.2) is 0 Å². The minimum absolute atomic E-state index is 0.401. The van der Waals surface area contributed by atoms with Gasteiger partial charge in [-0.05, 0) is 62.9 Å². The molecule has 1 aromatic carbocycles. The number of aryl methyl sites for hydroxylation is 3. The van der Waals surface area contributed by atoms with Gasteiger partial charge in [0.15, 0.2) is 0 Å². The van der Waals surface area contributed by atoms with Crippen molar-refractivity contribution in [2.45, 2.75) is 52.7 Å². The molecule has 0 bridgehead atoms. The second kappa shape index (κ2) is 6.06. The van der Waals surface area contributed by atoms with Crippen LogP contribution in [0.5, 0.6) is 0 Å². The molecule has 1 aliphatic heterocycles. The lowest BCUT2D eigenvalue weighted by molar-refractivity contribution is 0.0782. The lowest BCUT2D eigenvalue weighted by Crippen LogP contribution is -2.31. The predicted molar refractivity (Wildman–Crippen MR) is 80.6 cm³/mol. The van der Waals surface area contributed by atoms with Gasteiger partial charge >= 0.3 is 0 Å². The average molecular weight is 261 g/mol. The van der Waals surface area contributed by atoms with Crippen molar-refractivity contribution in [3.05, 3.63) is 34.4 Å². The highest BCUT2D eigenvalue weighted by atomic mass is 16.5. The predicted octanol–water partition coefficient (Wildman–Crippen LogP) is 3.69. The van der Waals surface area contributed by atoms with Crippen LogP contribution in [0.3, 0.4) is 0 Å². The van der Waals surface area contributed by atoms with E-state index in [0.29, 0.717) is 18.1 Å². The van der Waals surface area contributed by atoms with E-state index in [1.807, 2.05) is 0 Å². The average Bonchev–Trinajstić information content (AvgIpc) is 2.84. The van der Waals surface area contributed by atoms with Crippen LogP contribution in [-0.4, -0.2) is 19.8 Å². The molecular weight excluding hydrogens is 234 g/mol. The summed E-state index contributed by atoms with van der Waals surface area (Å²) in [5.74, 6) is 0.593. The van der Waals surface area contributed by atoms with E-state index in [2.05, 4.69) is 52.2 Å². The van der Waals surface area contributed by atoms with Gasteiger partial charge in [-0.15, -0.1) is 0 Å². The van der Waals surface area contributed by atoms with Crippen LogP contribution < -0.4 is 5.32 Å². The van der Waals surface area contributed by atoms with Crippen LogP contribution in [-0.2, 0) is 4.74 Å². The zero-order chi connectivity index (χ0) is 14.0. The molecule has 1 aromatic rings. The van der Waals surface area contributed by atoms with Crippen molar-refractivity contribution in [1.82, 2.24) is 5.32 Å². The van der Waals surface area contributed by atoms with Crippen LogP contribution in [0.15, 0.2) is 12.1 Å². The van der Waals surface area contributed by atoms with Gasteiger partial charge in [-0.1, -0.05) is 19.1 Å². The molecule has 2 heteroatoms. The Labute approximate surface area is 117 Å². The van der Waals surface area contributed by atoms with Crippen molar-refractivity contribution in [3.63, 3.8) is 0 Å². The molecule has 2 nitrogen and oxygen atoms in total. The standard InChI is InChI=1S/C17H27NO/c1-6-16-14(7-8-19-16)17(18-5)15-10-12(3)11(2)9-13(15)4/h9-10,14,16-18H,6-8H2,1-5H3. The number of hydrogen-bond acceptors (Lipinski definition) is 2. The highest BCUT2D eigenvalue weighted by molar-refractivity contribution is 5.38. The molecule has 0 amide bonds. The van der Waals surface area contributed by atoms with Crippen molar-refractivity contribution in [2.75, 3.05) is 13.7 Å². The first kappa shape index (κ1) is 14.5. The Bertz CT molecular complexity index is 441. The normalized spacial score (nSPS) is 24.7. The number of benzene rings is 1.